The van der Waals surface area contributed by atoms with Gasteiger partial charge in [-0.2, -0.15) is 9.97 Å². The van der Waals surface area contributed by atoms with Gasteiger partial charge in [0.25, 0.3) is 0 Å². The van der Waals surface area contributed by atoms with Crippen molar-refractivity contribution in [2.75, 3.05) is 48.9 Å². The van der Waals surface area contributed by atoms with Gasteiger partial charge in [-0.15, -0.1) is 0 Å². The predicted molar refractivity (Wildman–Crippen MR) is 143 cm³/mol. The number of fused-ring (bicyclic) bond motifs is 1. The van der Waals surface area contributed by atoms with Crippen LogP contribution in [0.25, 0.3) is 11.2 Å². The van der Waals surface area contributed by atoms with Crippen LogP contribution in [0.2, 0.25) is 0 Å². The highest BCUT2D eigenvalue weighted by Gasteiger charge is 2.22. The number of benzene rings is 1. The van der Waals surface area contributed by atoms with Crippen molar-refractivity contribution in [2.24, 2.45) is 5.92 Å². The molecule has 0 aliphatic carbocycles. The number of H-pyrrole nitrogens is 1. The van der Waals surface area contributed by atoms with E-state index in [1.807, 2.05) is 24.8 Å². The molecule has 4 aromatic rings. The molecule has 0 amide bonds. The van der Waals surface area contributed by atoms with E-state index in [1.165, 1.54) is 12.8 Å². The lowest BCUT2D eigenvalue weighted by Gasteiger charge is -2.35. The van der Waals surface area contributed by atoms with Crippen LogP contribution in [0.3, 0.4) is 0 Å². The Labute approximate surface area is 215 Å². The van der Waals surface area contributed by atoms with Crippen LogP contribution in [-0.4, -0.2) is 68.9 Å². The van der Waals surface area contributed by atoms with Crippen LogP contribution >= 0.6 is 0 Å². The van der Waals surface area contributed by atoms with Crippen LogP contribution in [0.4, 0.5) is 23.1 Å². The second-order valence-electron chi connectivity index (χ2n) is 9.75. The summed E-state index contributed by atoms with van der Waals surface area (Å²) in [5, 5.41) is 6.90. The number of nitrogens with zero attached hydrogens (tertiary/aromatic N) is 6. The van der Waals surface area contributed by atoms with Crippen LogP contribution in [0, 0.1) is 5.92 Å². The topological polar surface area (TPSA) is 118 Å². The first kappa shape index (κ1) is 23.5. The summed E-state index contributed by atoms with van der Waals surface area (Å²) in [5.41, 5.74) is 3.38. The third kappa shape index (κ3) is 5.31. The number of aromatic nitrogens is 6. The summed E-state index contributed by atoms with van der Waals surface area (Å²) in [7, 11) is 1.69. The van der Waals surface area contributed by atoms with E-state index in [2.05, 4.69) is 52.2 Å². The van der Waals surface area contributed by atoms with E-state index in [0.29, 0.717) is 29.4 Å². The van der Waals surface area contributed by atoms with E-state index in [9.17, 15) is 0 Å². The van der Waals surface area contributed by atoms with Crippen molar-refractivity contribution >= 4 is 34.3 Å². The Morgan fingerprint density at radius 3 is 2.95 bits per heavy atom. The largest absolute Gasteiger partial charge is 0.494 e. The Bertz CT molecular complexity index is 1320. The molecule has 194 valence electrons. The van der Waals surface area contributed by atoms with Crippen molar-refractivity contribution < 1.29 is 9.47 Å². The molecule has 37 heavy (non-hydrogen) atoms. The van der Waals surface area contributed by atoms with Gasteiger partial charge in [0.2, 0.25) is 5.95 Å². The maximum absolute atomic E-state index is 5.78. The van der Waals surface area contributed by atoms with E-state index in [0.717, 1.165) is 68.3 Å². The summed E-state index contributed by atoms with van der Waals surface area (Å²) >= 11 is 0. The van der Waals surface area contributed by atoms with Crippen LogP contribution < -0.4 is 20.3 Å². The molecule has 0 bridgehead atoms. The highest BCUT2D eigenvalue weighted by atomic mass is 16.5. The molecule has 11 heteroatoms. The van der Waals surface area contributed by atoms with Gasteiger partial charge >= 0.3 is 0 Å². The van der Waals surface area contributed by atoms with Crippen molar-refractivity contribution in [3.05, 3.63) is 43.2 Å². The third-order valence-electron chi connectivity index (χ3n) is 7.19. The fourth-order valence-electron chi connectivity index (χ4n) is 5.27. The fourth-order valence-corrected chi connectivity index (χ4v) is 5.27. The number of ether oxygens (including phenoxy) is 2. The zero-order valence-corrected chi connectivity index (χ0v) is 21.1. The van der Waals surface area contributed by atoms with Gasteiger partial charge in [0, 0.05) is 63.0 Å². The van der Waals surface area contributed by atoms with Crippen LogP contribution in [0.1, 0.15) is 25.7 Å². The number of rotatable bonds is 8. The van der Waals surface area contributed by atoms with E-state index >= 15 is 0 Å². The summed E-state index contributed by atoms with van der Waals surface area (Å²) in [6, 6.07) is 6.57. The molecular weight excluding hydrogens is 470 g/mol. The molecule has 1 unspecified atom stereocenters. The highest BCUT2D eigenvalue weighted by Crippen LogP contribution is 2.34. The van der Waals surface area contributed by atoms with Crippen molar-refractivity contribution in [1.82, 2.24) is 29.5 Å². The van der Waals surface area contributed by atoms with E-state index in [1.54, 1.807) is 13.4 Å². The summed E-state index contributed by atoms with van der Waals surface area (Å²) in [4.78, 5) is 23.6. The summed E-state index contributed by atoms with van der Waals surface area (Å²) in [6.07, 6.45) is 11.7. The monoisotopic (exact) mass is 503 g/mol. The molecule has 0 saturated carbocycles. The maximum atomic E-state index is 5.78. The van der Waals surface area contributed by atoms with Gasteiger partial charge in [-0.3, -0.25) is 0 Å². The first-order valence-electron chi connectivity index (χ1n) is 13.0. The molecule has 2 aliphatic rings. The number of nitrogens with one attached hydrogen (secondary N) is 3. The number of imidazole rings is 2. The molecule has 11 nitrogen and oxygen atoms in total. The molecule has 1 atom stereocenters. The molecule has 0 spiro atoms. The SMILES string of the molecule is COc1cc(N2CCCC(Cn3ccnc3)C2)ccc1Nc1nc(NC2CCOCC2)c2nc[nH]c2n1. The molecular formula is C26H33N9O2. The van der Waals surface area contributed by atoms with Crippen LogP contribution in [0.15, 0.2) is 43.2 Å². The van der Waals surface area contributed by atoms with Crippen LogP contribution in [0.5, 0.6) is 5.75 Å². The molecule has 2 fully saturated rings. The van der Waals surface area contributed by atoms with E-state index < -0.39 is 0 Å². The standard InChI is InChI=1S/C26H33N9O2/c1-36-22-13-20(35-9-2-3-18(15-35)14-34-10-8-27-17-34)4-5-21(22)31-26-32-24-23(28-16-29-24)25(33-26)30-19-6-11-37-12-7-19/h4-5,8,10,13,16-19H,2-3,6-7,9,11-12,14-15H2,1H3,(H3,28,29,30,31,32,33). The Balaban J connectivity index is 1.20. The molecule has 3 aromatic heterocycles. The molecule has 1 aromatic carbocycles. The van der Waals surface area contributed by atoms with Gasteiger partial charge in [0.15, 0.2) is 11.5 Å². The summed E-state index contributed by atoms with van der Waals surface area (Å²) in [5.74, 6) is 2.54. The summed E-state index contributed by atoms with van der Waals surface area (Å²) in [6.45, 7) is 4.54. The molecule has 0 radical (unpaired) electrons. The minimum Gasteiger partial charge on any atom is -0.494 e. The lowest BCUT2D eigenvalue weighted by Crippen LogP contribution is -2.37. The second kappa shape index (κ2) is 10.6. The van der Waals surface area contributed by atoms with Crippen LogP contribution in [-0.2, 0) is 11.3 Å². The van der Waals surface area contributed by atoms with Gasteiger partial charge in [0.1, 0.15) is 11.3 Å². The van der Waals surface area contributed by atoms with E-state index in [4.69, 9.17) is 14.5 Å². The quantitative estimate of drug-likeness (QED) is 0.330. The fraction of sp³-hybridized carbons (Fsp3) is 0.462. The Kier molecular flexibility index (Phi) is 6.76. The van der Waals surface area contributed by atoms with E-state index in [-0.39, 0.29) is 0 Å². The Morgan fingerprint density at radius 2 is 2.11 bits per heavy atom. The molecule has 3 N–H and O–H groups in total. The van der Waals surface area contributed by atoms with Crippen molar-refractivity contribution in [3.8, 4) is 5.75 Å². The normalized spacial score (nSPS) is 18.7. The molecule has 5 heterocycles. The minimum atomic E-state index is 0.298. The minimum absolute atomic E-state index is 0.298. The average Bonchev–Trinajstić information content (AvgIpc) is 3.62. The zero-order chi connectivity index (χ0) is 25.0. The molecule has 2 saturated heterocycles. The number of anilines is 4. The van der Waals surface area contributed by atoms with Crippen molar-refractivity contribution in [2.45, 2.75) is 38.3 Å². The van der Waals surface area contributed by atoms with Gasteiger partial charge in [0.05, 0.1) is 25.5 Å². The number of hydrogen-bond acceptors (Lipinski definition) is 9. The highest BCUT2D eigenvalue weighted by molar-refractivity contribution is 5.84. The van der Waals surface area contributed by atoms with Gasteiger partial charge in [-0.1, -0.05) is 0 Å². The van der Waals surface area contributed by atoms with Gasteiger partial charge < -0.3 is 34.6 Å². The van der Waals surface area contributed by atoms with Crippen molar-refractivity contribution in [1.29, 1.82) is 0 Å². The Morgan fingerprint density at radius 1 is 1.19 bits per heavy atom. The number of hydrogen-bond donors (Lipinski definition) is 3. The first-order valence-corrected chi connectivity index (χ1v) is 13.0. The number of piperidine rings is 1. The van der Waals surface area contributed by atoms with Gasteiger partial charge in [-0.05, 0) is 43.7 Å². The van der Waals surface area contributed by atoms with Crippen molar-refractivity contribution in [3.63, 3.8) is 0 Å². The maximum Gasteiger partial charge on any atom is 0.231 e. The lowest BCUT2D eigenvalue weighted by molar-refractivity contribution is 0.0904. The lowest BCUT2D eigenvalue weighted by atomic mass is 9.97. The Hall–Kier alpha value is -3.86. The number of aromatic amines is 1. The second-order valence-corrected chi connectivity index (χ2v) is 9.75. The molecule has 2 aliphatic heterocycles. The van der Waals surface area contributed by atoms with Gasteiger partial charge in [-0.25, -0.2) is 9.97 Å². The average molecular weight is 504 g/mol. The first-order chi connectivity index (χ1) is 18.2. The number of methoxy groups -OCH3 is 1. The predicted octanol–water partition coefficient (Wildman–Crippen LogP) is 3.81. The molecule has 6 rings (SSSR count). The zero-order valence-electron chi connectivity index (χ0n) is 21.1. The third-order valence-corrected chi connectivity index (χ3v) is 7.19. The smallest absolute Gasteiger partial charge is 0.231 e. The summed E-state index contributed by atoms with van der Waals surface area (Å²) < 4.78 is 13.4.